The molecule has 0 radical (unpaired) electrons. The molecule has 29 heavy (non-hydrogen) atoms. The van der Waals surface area contributed by atoms with E-state index in [1.165, 1.54) is 17.3 Å². The lowest BCUT2D eigenvalue weighted by atomic mass is 10.1. The van der Waals surface area contributed by atoms with Gasteiger partial charge in [-0.3, -0.25) is 4.79 Å². The van der Waals surface area contributed by atoms with Gasteiger partial charge in [-0.05, 0) is 30.9 Å². The number of thioether (sulfide) groups is 1. The monoisotopic (exact) mass is 406 g/mol. The molecule has 0 N–H and O–H groups in total. The zero-order valence-corrected chi connectivity index (χ0v) is 17.5. The van der Waals surface area contributed by atoms with E-state index in [1.54, 1.807) is 0 Å². The van der Waals surface area contributed by atoms with Crippen LogP contribution in [0.25, 0.3) is 0 Å². The molecule has 150 valence electrons. The van der Waals surface area contributed by atoms with E-state index in [4.69, 9.17) is 0 Å². The van der Waals surface area contributed by atoms with E-state index in [0.29, 0.717) is 0 Å². The largest absolute Gasteiger partial charge is 0.341 e. The van der Waals surface area contributed by atoms with E-state index in [9.17, 15) is 4.79 Å². The lowest BCUT2D eigenvalue weighted by molar-refractivity contribution is -0.129. The standard InChI is InChI=1S/C23H26N4OS/c1-2-27-20(17-18-11-5-3-6-12-18)24-25-23(27)29-21(19-13-7-4-8-14-19)22(28)26-15-9-10-16-26/h3-8,11-14,21H,2,9-10,15-17H2,1H3. The van der Waals surface area contributed by atoms with E-state index in [1.807, 2.05) is 53.4 Å². The Kier molecular flexibility index (Phi) is 6.30. The summed E-state index contributed by atoms with van der Waals surface area (Å²) in [5.41, 5.74) is 2.23. The molecule has 3 aromatic rings. The molecular weight excluding hydrogens is 380 g/mol. The first-order valence-corrected chi connectivity index (χ1v) is 11.1. The van der Waals surface area contributed by atoms with Crippen molar-refractivity contribution in [2.24, 2.45) is 0 Å². The molecule has 1 fully saturated rings. The van der Waals surface area contributed by atoms with Crippen LogP contribution in [0.2, 0.25) is 0 Å². The van der Waals surface area contributed by atoms with E-state index in [-0.39, 0.29) is 11.2 Å². The fourth-order valence-corrected chi connectivity index (χ4v) is 4.93. The zero-order valence-electron chi connectivity index (χ0n) is 16.7. The number of carbonyl (C=O) groups excluding carboxylic acids is 1. The molecule has 0 spiro atoms. The van der Waals surface area contributed by atoms with E-state index in [0.717, 1.165) is 55.4 Å². The van der Waals surface area contributed by atoms with Crippen molar-refractivity contribution in [3.63, 3.8) is 0 Å². The molecule has 1 saturated heterocycles. The molecule has 0 aliphatic carbocycles. The Bertz CT molecular complexity index is 936. The number of rotatable bonds is 7. The van der Waals surface area contributed by atoms with Crippen LogP contribution in [0, 0.1) is 0 Å². The molecule has 1 amide bonds. The number of nitrogens with zero attached hydrogens (tertiary/aromatic N) is 4. The smallest absolute Gasteiger partial charge is 0.240 e. The fraction of sp³-hybridized carbons (Fsp3) is 0.348. The Morgan fingerprint density at radius 2 is 1.66 bits per heavy atom. The molecule has 1 unspecified atom stereocenters. The molecule has 2 aromatic carbocycles. The number of carbonyl (C=O) groups is 1. The van der Waals surface area contributed by atoms with Crippen LogP contribution in [-0.2, 0) is 17.8 Å². The molecule has 0 saturated carbocycles. The molecule has 5 nitrogen and oxygen atoms in total. The van der Waals surface area contributed by atoms with E-state index >= 15 is 0 Å². The summed E-state index contributed by atoms with van der Waals surface area (Å²) in [5.74, 6) is 1.11. The Balaban J connectivity index is 1.61. The minimum absolute atomic E-state index is 0.175. The molecule has 1 aliphatic heterocycles. The normalized spacial score (nSPS) is 14.9. The van der Waals surface area contributed by atoms with Crippen molar-refractivity contribution in [1.29, 1.82) is 0 Å². The topological polar surface area (TPSA) is 51.0 Å². The van der Waals surface area contributed by atoms with Crippen LogP contribution in [0.15, 0.2) is 65.8 Å². The molecule has 6 heteroatoms. The number of hydrogen-bond acceptors (Lipinski definition) is 4. The predicted octanol–water partition coefficient (Wildman–Crippen LogP) is 4.34. The maximum atomic E-state index is 13.3. The highest BCUT2D eigenvalue weighted by Gasteiger charge is 2.30. The van der Waals surface area contributed by atoms with Gasteiger partial charge in [0.25, 0.3) is 0 Å². The maximum Gasteiger partial charge on any atom is 0.240 e. The van der Waals surface area contributed by atoms with Crippen molar-refractivity contribution in [2.75, 3.05) is 13.1 Å². The summed E-state index contributed by atoms with van der Waals surface area (Å²) < 4.78 is 2.13. The highest BCUT2D eigenvalue weighted by Crippen LogP contribution is 2.37. The maximum absolute atomic E-state index is 13.3. The van der Waals surface area contributed by atoms with Crippen molar-refractivity contribution >= 4 is 17.7 Å². The Morgan fingerprint density at radius 3 is 2.31 bits per heavy atom. The highest BCUT2D eigenvalue weighted by atomic mass is 32.2. The SMILES string of the molecule is CCn1c(Cc2ccccc2)nnc1SC(C(=O)N1CCCC1)c1ccccc1. The van der Waals surface area contributed by atoms with Gasteiger partial charge >= 0.3 is 0 Å². The quantitative estimate of drug-likeness (QED) is 0.548. The van der Waals surface area contributed by atoms with Crippen LogP contribution >= 0.6 is 11.8 Å². The van der Waals surface area contributed by atoms with Crippen LogP contribution < -0.4 is 0 Å². The number of likely N-dealkylation sites (tertiary alicyclic amines) is 1. The third kappa shape index (κ3) is 4.53. The second-order valence-electron chi connectivity index (χ2n) is 7.25. The van der Waals surface area contributed by atoms with E-state index in [2.05, 4.69) is 33.8 Å². The summed E-state index contributed by atoms with van der Waals surface area (Å²) in [5, 5.41) is 9.42. The summed E-state index contributed by atoms with van der Waals surface area (Å²) in [6.45, 7) is 4.57. The van der Waals surface area contributed by atoms with Crippen molar-refractivity contribution in [2.45, 2.75) is 43.1 Å². The van der Waals surface area contributed by atoms with Gasteiger partial charge in [0, 0.05) is 26.1 Å². The van der Waals surface area contributed by atoms with Gasteiger partial charge < -0.3 is 9.47 Å². The second kappa shape index (κ2) is 9.27. The lowest BCUT2D eigenvalue weighted by Crippen LogP contribution is -2.31. The summed E-state index contributed by atoms with van der Waals surface area (Å²) >= 11 is 1.52. The fourth-order valence-electron chi connectivity index (χ4n) is 3.73. The minimum atomic E-state index is -0.298. The van der Waals surface area contributed by atoms with Crippen LogP contribution in [0.1, 0.15) is 42.0 Å². The Hall–Kier alpha value is -2.60. The van der Waals surface area contributed by atoms with Crippen LogP contribution in [0.4, 0.5) is 0 Å². The minimum Gasteiger partial charge on any atom is -0.341 e. The number of benzene rings is 2. The lowest BCUT2D eigenvalue weighted by Gasteiger charge is -2.23. The first-order valence-electron chi connectivity index (χ1n) is 10.2. The van der Waals surface area contributed by atoms with E-state index < -0.39 is 0 Å². The van der Waals surface area contributed by atoms with Crippen molar-refractivity contribution in [3.8, 4) is 0 Å². The number of aromatic nitrogens is 3. The molecule has 1 aliphatic rings. The second-order valence-corrected chi connectivity index (χ2v) is 8.32. The van der Waals surface area contributed by atoms with Crippen molar-refractivity contribution in [3.05, 3.63) is 77.6 Å². The highest BCUT2D eigenvalue weighted by molar-refractivity contribution is 8.00. The van der Waals surface area contributed by atoms with Gasteiger partial charge in [0.15, 0.2) is 5.16 Å². The van der Waals surface area contributed by atoms with Gasteiger partial charge in [-0.15, -0.1) is 10.2 Å². The number of amides is 1. The van der Waals surface area contributed by atoms with Gasteiger partial charge in [0.1, 0.15) is 11.1 Å². The summed E-state index contributed by atoms with van der Waals surface area (Å²) in [7, 11) is 0. The summed E-state index contributed by atoms with van der Waals surface area (Å²) in [4.78, 5) is 15.3. The molecule has 4 rings (SSSR count). The average molecular weight is 407 g/mol. The molecular formula is C23H26N4OS. The number of hydrogen-bond donors (Lipinski definition) is 0. The zero-order chi connectivity index (χ0) is 20.1. The van der Waals surface area contributed by atoms with Crippen LogP contribution in [0.3, 0.4) is 0 Å². The average Bonchev–Trinajstić information content (AvgIpc) is 3.43. The Morgan fingerprint density at radius 1 is 1.00 bits per heavy atom. The summed E-state index contributed by atoms with van der Waals surface area (Å²) in [6, 6.07) is 20.3. The first kappa shape index (κ1) is 19.7. The van der Waals surface area contributed by atoms with Gasteiger partial charge in [-0.25, -0.2) is 0 Å². The molecule has 1 atom stereocenters. The Labute approximate surface area is 176 Å². The molecule has 0 bridgehead atoms. The van der Waals surface area contributed by atoms with Crippen LogP contribution in [0.5, 0.6) is 0 Å². The van der Waals surface area contributed by atoms with Gasteiger partial charge in [0.2, 0.25) is 5.91 Å². The molecule has 2 heterocycles. The van der Waals surface area contributed by atoms with Crippen molar-refractivity contribution < 1.29 is 4.79 Å². The van der Waals surface area contributed by atoms with Crippen LogP contribution in [-0.4, -0.2) is 38.7 Å². The molecule has 1 aromatic heterocycles. The third-order valence-electron chi connectivity index (χ3n) is 5.28. The van der Waals surface area contributed by atoms with Gasteiger partial charge in [-0.1, -0.05) is 72.4 Å². The predicted molar refractivity (Wildman–Crippen MR) is 116 cm³/mol. The van der Waals surface area contributed by atoms with Gasteiger partial charge in [0.05, 0.1) is 0 Å². The van der Waals surface area contributed by atoms with Gasteiger partial charge in [-0.2, -0.15) is 0 Å². The van der Waals surface area contributed by atoms with Crippen molar-refractivity contribution in [1.82, 2.24) is 19.7 Å². The third-order valence-corrected chi connectivity index (χ3v) is 6.50. The first-order chi connectivity index (χ1) is 14.3. The summed E-state index contributed by atoms with van der Waals surface area (Å²) in [6.07, 6.45) is 2.91.